The molecule has 0 amide bonds. The molecule has 0 aromatic heterocycles. The second-order valence-electron chi connectivity index (χ2n) is 14.1. The highest BCUT2D eigenvalue weighted by molar-refractivity contribution is 6.00. The van der Waals surface area contributed by atoms with Gasteiger partial charge in [-0.15, -0.1) is 0 Å². The standard InChI is InChI=1S/C34H50O/c1-23(2)10-9-11-24(3)29-16-17-30-28-15-14-27-21-32(35)26(20-25-12-7-6-8-13-25)22-34(27,5)31(28)18-19-33(29,30)4/h6-8,12-13,20,23-24,27-31H,9-11,14-19,21-22H2,1-5H3. The van der Waals surface area contributed by atoms with Gasteiger partial charge < -0.3 is 0 Å². The number of hydrogen-bond donors (Lipinski definition) is 0. The molecule has 4 aliphatic carbocycles. The SMILES string of the molecule is CC(C)CCCC(C)C1CCC2C3CCC4CC(=O)C(=Cc5ccccc5)CC4(C)C3CCC12C. The van der Waals surface area contributed by atoms with Crippen molar-refractivity contribution in [1.29, 1.82) is 0 Å². The number of ketones is 1. The van der Waals surface area contributed by atoms with Gasteiger partial charge in [0.25, 0.3) is 0 Å². The first-order valence-corrected chi connectivity index (χ1v) is 15.0. The van der Waals surface area contributed by atoms with E-state index in [1.165, 1.54) is 63.4 Å². The van der Waals surface area contributed by atoms with E-state index in [1.807, 2.05) is 0 Å². The molecule has 4 fully saturated rings. The molecule has 1 nitrogen and oxygen atoms in total. The minimum atomic E-state index is 0.305. The van der Waals surface area contributed by atoms with Crippen LogP contribution in [0.5, 0.6) is 0 Å². The highest BCUT2D eigenvalue weighted by Gasteiger charge is 2.61. The van der Waals surface area contributed by atoms with E-state index in [2.05, 4.69) is 71.0 Å². The van der Waals surface area contributed by atoms with Gasteiger partial charge in [-0.25, -0.2) is 0 Å². The predicted molar refractivity (Wildman–Crippen MR) is 148 cm³/mol. The van der Waals surface area contributed by atoms with E-state index in [4.69, 9.17) is 0 Å². The van der Waals surface area contributed by atoms with Crippen LogP contribution >= 0.6 is 0 Å². The van der Waals surface area contributed by atoms with Gasteiger partial charge in [-0.1, -0.05) is 84.2 Å². The van der Waals surface area contributed by atoms with Crippen LogP contribution in [0.4, 0.5) is 0 Å². The number of carbonyl (C=O) groups excluding carboxylic acids is 1. The largest absolute Gasteiger partial charge is 0.295 e. The Morgan fingerprint density at radius 3 is 2.40 bits per heavy atom. The van der Waals surface area contributed by atoms with Gasteiger partial charge in [0.2, 0.25) is 0 Å². The summed E-state index contributed by atoms with van der Waals surface area (Å²) in [7, 11) is 0. The van der Waals surface area contributed by atoms with Crippen molar-refractivity contribution in [2.24, 2.45) is 52.3 Å². The lowest BCUT2D eigenvalue weighted by Gasteiger charge is -2.60. The normalized spacial score (nSPS) is 40.9. The molecule has 0 saturated heterocycles. The summed E-state index contributed by atoms with van der Waals surface area (Å²) in [6.07, 6.45) is 16.6. The van der Waals surface area contributed by atoms with Gasteiger partial charge in [0.1, 0.15) is 0 Å². The van der Waals surface area contributed by atoms with E-state index >= 15 is 0 Å². The molecule has 1 heteroatoms. The zero-order valence-corrected chi connectivity index (χ0v) is 23.2. The molecule has 0 radical (unpaired) electrons. The second-order valence-corrected chi connectivity index (χ2v) is 14.1. The van der Waals surface area contributed by atoms with Crippen LogP contribution in [-0.4, -0.2) is 5.78 Å². The van der Waals surface area contributed by atoms with E-state index in [0.717, 1.165) is 53.9 Å². The lowest BCUT2D eigenvalue weighted by molar-refractivity contribution is -0.133. The molecule has 0 N–H and O–H groups in total. The van der Waals surface area contributed by atoms with Crippen LogP contribution in [0.1, 0.15) is 111 Å². The van der Waals surface area contributed by atoms with Crippen LogP contribution in [0.15, 0.2) is 35.9 Å². The number of hydrogen-bond acceptors (Lipinski definition) is 1. The van der Waals surface area contributed by atoms with Crippen molar-refractivity contribution >= 4 is 11.9 Å². The third kappa shape index (κ3) is 4.59. The smallest absolute Gasteiger partial charge is 0.159 e. The van der Waals surface area contributed by atoms with E-state index < -0.39 is 0 Å². The van der Waals surface area contributed by atoms with Crippen molar-refractivity contribution in [3.63, 3.8) is 0 Å². The number of fused-ring (bicyclic) bond motifs is 5. The molecular formula is C34H50O. The number of rotatable bonds is 6. The third-order valence-electron chi connectivity index (χ3n) is 11.8. The first-order valence-electron chi connectivity index (χ1n) is 15.0. The minimum Gasteiger partial charge on any atom is -0.295 e. The Morgan fingerprint density at radius 2 is 1.66 bits per heavy atom. The molecule has 0 bridgehead atoms. The average molecular weight is 475 g/mol. The van der Waals surface area contributed by atoms with Crippen molar-refractivity contribution < 1.29 is 4.79 Å². The third-order valence-corrected chi connectivity index (χ3v) is 11.8. The fourth-order valence-corrected chi connectivity index (χ4v) is 9.92. The van der Waals surface area contributed by atoms with Crippen LogP contribution in [0.2, 0.25) is 0 Å². The summed E-state index contributed by atoms with van der Waals surface area (Å²) in [5.74, 6) is 6.26. The van der Waals surface area contributed by atoms with E-state index in [0.29, 0.717) is 22.5 Å². The lowest BCUT2D eigenvalue weighted by Crippen LogP contribution is -2.54. The molecule has 0 heterocycles. The molecule has 8 atom stereocenters. The Morgan fingerprint density at radius 1 is 0.914 bits per heavy atom. The van der Waals surface area contributed by atoms with Crippen LogP contribution in [-0.2, 0) is 4.79 Å². The summed E-state index contributed by atoms with van der Waals surface area (Å²) in [5, 5.41) is 0. The Bertz CT molecular complexity index is 927. The summed E-state index contributed by atoms with van der Waals surface area (Å²) >= 11 is 0. The highest BCUT2D eigenvalue weighted by atomic mass is 16.1. The summed E-state index contributed by atoms with van der Waals surface area (Å²) in [5.41, 5.74) is 3.15. The van der Waals surface area contributed by atoms with E-state index in [9.17, 15) is 4.79 Å². The lowest BCUT2D eigenvalue weighted by atomic mass is 9.44. The van der Waals surface area contributed by atoms with Gasteiger partial charge >= 0.3 is 0 Å². The molecule has 192 valence electrons. The molecule has 0 spiro atoms. The van der Waals surface area contributed by atoms with Gasteiger partial charge in [-0.05, 0) is 114 Å². The van der Waals surface area contributed by atoms with E-state index in [-0.39, 0.29) is 0 Å². The minimum absolute atomic E-state index is 0.305. The predicted octanol–water partition coefficient (Wildman–Crippen LogP) is 9.37. The number of allylic oxidation sites excluding steroid dienone is 1. The van der Waals surface area contributed by atoms with Crippen molar-refractivity contribution in [2.45, 2.75) is 105 Å². The van der Waals surface area contributed by atoms with Crippen LogP contribution in [0.3, 0.4) is 0 Å². The number of Topliss-reactive ketones (excluding diaryl/α,β-unsaturated/α-hetero) is 1. The topological polar surface area (TPSA) is 17.1 Å². The van der Waals surface area contributed by atoms with E-state index in [1.54, 1.807) is 0 Å². The Hall–Kier alpha value is -1.37. The van der Waals surface area contributed by atoms with Crippen molar-refractivity contribution in [2.75, 3.05) is 0 Å². The molecule has 0 aliphatic heterocycles. The Balaban J connectivity index is 1.34. The molecular weight excluding hydrogens is 424 g/mol. The van der Waals surface area contributed by atoms with Gasteiger partial charge in [-0.3, -0.25) is 4.79 Å². The first kappa shape index (κ1) is 25.3. The van der Waals surface area contributed by atoms with Gasteiger partial charge in [0.05, 0.1) is 0 Å². The summed E-state index contributed by atoms with van der Waals surface area (Å²) in [6.45, 7) is 12.6. The summed E-state index contributed by atoms with van der Waals surface area (Å²) in [6, 6.07) is 10.5. The molecule has 4 saturated carbocycles. The van der Waals surface area contributed by atoms with Crippen molar-refractivity contribution in [3.05, 3.63) is 41.5 Å². The fourth-order valence-electron chi connectivity index (χ4n) is 9.92. The monoisotopic (exact) mass is 474 g/mol. The molecule has 1 aromatic rings. The Labute approximate surface area is 215 Å². The first-order chi connectivity index (χ1) is 16.7. The fraction of sp³-hybridized carbons (Fsp3) is 0.735. The Kier molecular flexibility index (Phi) is 7.10. The van der Waals surface area contributed by atoms with Crippen LogP contribution in [0.25, 0.3) is 6.08 Å². The number of benzene rings is 1. The summed E-state index contributed by atoms with van der Waals surface area (Å²) < 4.78 is 0. The van der Waals surface area contributed by atoms with Crippen LogP contribution in [0, 0.1) is 52.3 Å². The van der Waals surface area contributed by atoms with Gasteiger partial charge in [-0.2, -0.15) is 0 Å². The molecule has 4 aliphatic rings. The number of carbonyl (C=O) groups is 1. The molecule has 1 aromatic carbocycles. The highest BCUT2D eigenvalue weighted by Crippen LogP contribution is 2.68. The maximum absolute atomic E-state index is 13.2. The van der Waals surface area contributed by atoms with Crippen molar-refractivity contribution in [1.82, 2.24) is 0 Å². The average Bonchev–Trinajstić information content (AvgIpc) is 3.18. The maximum Gasteiger partial charge on any atom is 0.159 e. The van der Waals surface area contributed by atoms with Gasteiger partial charge in [0.15, 0.2) is 5.78 Å². The molecule has 8 unspecified atom stereocenters. The molecule has 35 heavy (non-hydrogen) atoms. The zero-order valence-electron chi connectivity index (χ0n) is 23.2. The molecule has 5 rings (SSSR count). The second kappa shape index (κ2) is 9.83. The van der Waals surface area contributed by atoms with Crippen LogP contribution < -0.4 is 0 Å². The zero-order chi connectivity index (χ0) is 24.8. The van der Waals surface area contributed by atoms with Crippen molar-refractivity contribution in [3.8, 4) is 0 Å². The summed E-state index contributed by atoms with van der Waals surface area (Å²) in [4.78, 5) is 13.2. The quantitative estimate of drug-likeness (QED) is 0.375. The van der Waals surface area contributed by atoms with Gasteiger partial charge in [0, 0.05) is 6.42 Å². The maximum atomic E-state index is 13.2.